The van der Waals surface area contributed by atoms with Gasteiger partial charge in [0.2, 0.25) is 0 Å². The number of rotatable bonds is 5. The molecule has 0 unspecified atom stereocenters. The largest absolute Gasteiger partial charge is 0.392 e. The van der Waals surface area contributed by atoms with Gasteiger partial charge in [-0.25, -0.2) is 15.0 Å². The predicted molar refractivity (Wildman–Crippen MR) is 130 cm³/mol. The van der Waals surface area contributed by atoms with Gasteiger partial charge >= 0.3 is 0 Å². The van der Waals surface area contributed by atoms with Gasteiger partial charge in [-0.15, -0.1) is 0 Å². The molecule has 0 aliphatic carbocycles. The van der Waals surface area contributed by atoms with Crippen LogP contribution in [0.1, 0.15) is 31.0 Å². The molecule has 0 radical (unpaired) electrons. The average Bonchev–Trinajstić information content (AvgIpc) is 3.23. The minimum absolute atomic E-state index is 0.0187. The van der Waals surface area contributed by atoms with Gasteiger partial charge in [-0.1, -0.05) is 26.0 Å². The Kier molecular flexibility index (Phi) is 5.32. The van der Waals surface area contributed by atoms with Crippen LogP contribution in [0.15, 0.2) is 73.1 Å². The van der Waals surface area contributed by atoms with Crippen molar-refractivity contribution in [1.29, 1.82) is 0 Å². The van der Waals surface area contributed by atoms with Crippen LogP contribution in [-0.2, 0) is 6.61 Å². The second kappa shape index (κ2) is 8.44. The van der Waals surface area contributed by atoms with Crippen molar-refractivity contribution in [3.8, 4) is 28.3 Å². The summed E-state index contributed by atoms with van der Waals surface area (Å²) in [6, 6.07) is 19.4. The molecule has 33 heavy (non-hydrogen) atoms. The lowest BCUT2D eigenvalue weighted by Crippen LogP contribution is -2.02. The quantitative estimate of drug-likeness (QED) is 0.412. The van der Waals surface area contributed by atoms with E-state index in [-0.39, 0.29) is 6.61 Å². The van der Waals surface area contributed by atoms with Crippen LogP contribution in [0.3, 0.4) is 0 Å². The fraction of sp³-hybridized carbons (Fsp3) is 0.154. The molecule has 3 N–H and O–H groups in total. The summed E-state index contributed by atoms with van der Waals surface area (Å²) in [6.07, 6.45) is 3.52. The molecule has 0 amide bonds. The van der Waals surface area contributed by atoms with E-state index in [0.717, 1.165) is 39.3 Å². The van der Waals surface area contributed by atoms with Crippen molar-refractivity contribution in [3.63, 3.8) is 0 Å². The maximum atomic E-state index is 9.45. The third-order valence-electron chi connectivity index (χ3n) is 5.63. The van der Waals surface area contributed by atoms with Gasteiger partial charge in [-0.2, -0.15) is 0 Å². The van der Waals surface area contributed by atoms with Gasteiger partial charge in [-0.05, 0) is 60.0 Å². The Balaban J connectivity index is 1.72. The number of aliphatic hydroxyl groups excluding tert-OH is 1. The highest BCUT2D eigenvalue weighted by molar-refractivity contribution is 5.84. The van der Waals surface area contributed by atoms with E-state index in [9.17, 15) is 5.11 Å². The monoisotopic (exact) mass is 436 g/mol. The average molecular weight is 437 g/mol. The highest BCUT2D eigenvalue weighted by Gasteiger charge is 2.18. The lowest BCUT2D eigenvalue weighted by atomic mass is 10.1. The topological polar surface area (TPSA) is 103 Å². The third kappa shape index (κ3) is 3.83. The van der Waals surface area contributed by atoms with Crippen molar-refractivity contribution >= 4 is 17.0 Å². The van der Waals surface area contributed by atoms with Crippen LogP contribution in [0, 0.1) is 0 Å². The molecule has 0 atom stereocenters. The Morgan fingerprint density at radius 2 is 1.76 bits per heavy atom. The molecule has 7 heteroatoms. The van der Waals surface area contributed by atoms with Crippen molar-refractivity contribution in [1.82, 2.24) is 24.5 Å². The second-order valence-corrected chi connectivity index (χ2v) is 8.20. The number of benzene rings is 1. The number of aliphatic hydroxyl groups is 1. The molecule has 4 heterocycles. The molecule has 0 fully saturated rings. The standard InChI is InChI=1S/C26H24N6O/c1-16(2)21-10-7-18(14-29-21)22-11-12-23-26(30-22)32(19-8-5-17(15-33)6-9-19)25(31-23)20-4-3-13-28-24(20)27/h3-14,16,33H,15H2,1-2H3,(H2,27,28). The number of hydrogen-bond donors (Lipinski definition) is 2. The van der Waals surface area contributed by atoms with E-state index in [1.54, 1.807) is 6.20 Å². The van der Waals surface area contributed by atoms with Crippen LogP contribution in [0.2, 0.25) is 0 Å². The maximum Gasteiger partial charge on any atom is 0.165 e. The summed E-state index contributed by atoms with van der Waals surface area (Å²) in [4.78, 5) is 18.6. The van der Waals surface area contributed by atoms with Crippen molar-refractivity contribution in [2.45, 2.75) is 26.4 Å². The van der Waals surface area contributed by atoms with E-state index in [2.05, 4.69) is 23.8 Å². The van der Waals surface area contributed by atoms with E-state index in [4.69, 9.17) is 15.7 Å². The molecular formula is C26H24N6O. The highest BCUT2D eigenvalue weighted by Crippen LogP contribution is 2.31. The van der Waals surface area contributed by atoms with Crippen LogP contribution in [0.25, 0.3) is 39.5 Å². The Bertz CT molecular complexity index is 1420. The van der Waals surface area contributed by atoms with Gasteiger partial charge in [0.25, 0.3) is 0 Å². The van der Waals surface area contributed by atoms with Crippen LogP contribution in [0.4, 0.5) is 5.82 Å². The minimum atomic E-state index is -0.0187. The number of imidazole rings is 1. The Hall–Kier alpha value is -4.10. The smallest absolute Gasteiger partial charge is 0.165 e. The lowest BCUT2D eigenvalue weighted by Gasteiger charge is -2.11. The number of nitrogens with zero attached hydrogens (tertiary/aromatic N) is 5. The summed E-state index contributed by atoms with van der Waals surface area (Å²) in [5.74, 6) is 1.42. The van der Waals surface area contributed by atoms with E-state index >= 15 is 0 Å². The highest BCUT2D eigenvalue weighted by atomic mass is 16.3. The molecular weight excluding hydrogens is 412 g/mol. The normalized spacial score (nSPS) is 11.4. The van der Waals surface area contributed by atoms with Crippen LogP contribution in [0.5, 0.6) is 0 Å². The summed E-state index contributed by atoms with van der Waals surface area (Å²) in [6.45, 7) is 4.23. The number of pyridine rings is 3. The van der Waals surface area contributed by atoms with Crippen molar-refractivity contribution in [2.24, 2.45) is 0 Å². The van der Waals surface area contributed by atoms with Gasteiger partial charge in [0.05, 0.1) is 17.9 Å². The number of aromatic nitrogens is 5. The fourth-order valence-electron chi connectivity index (χ4n) is 3.80. The fourth-order valence-corrected chi connectivity index (χ4v) is 3.80. The molecule has 0 aliphatic rings. The van der Waals surface area contributed by atoms with Crippen LogP contribution in [-0.4, -0.2) is 29.6 Å². The van der Waals surface area contributed by atoms with Crippen molar-refractivity contribution < 1.29 is 5.11 Å². The zero-order valence-electron chi connectivity index (χ0n) is 18.5. The van der Waals surface area contributed by atoms with Gasteiger partial charge in [0.1, 0.15) is 11.3 Å². The first-order chi connectivity index (χ1) is 16.0. The van der Waals surface area contributed by atoms with E-state index in [0.29, 0.717) is 23.2 Å². The molecule has 0 aliphatic heterocycles. The van der Waals surface area contributed by atoms with Gasteiger partial charge in [0.15, 0.2) is 11.5 Å². The first kappa shape index (κ1) is 20.8. The second-order valence-electron chi connectivity index (χ2n) is 8.20. The number of anilines is 1. The summed E-state index contributed by atoms with van der Waals surface area (Å²) < 4.78 is 1.98. The molecule has 164 valence electrons. The third-order valence-corrected chi connectivity index (χ3v) is 5.63. The first-order valence-corrected chi connectivity index (χ1v) is 10.8. The zero-order valence-corrected chi connectivity index (χ0v) is 18.5. The summed E-state index contributed by atoms with van der Waals surface area (Å²) in [5, 5.41) is 9.45. The maximum absolute atomic E-state index is 9.45. The van der Waals surface area contributed by atoms with Crippen LogP contribution >= 0.6 is 0 Å². The number of nitrogens with two attached hydrogens (primary N) is 1. The zero-order chi connectivity index (χ0) is 22.9. The Labute approximate surface area is 191 Å². The van der Waals surface area contributed by atoms with Crippen molar-refractivity contribution in [3.05, 3.63) is 84.3 Å². The number of fused-ring (bicyclic) bond motifs is 1. The van der Waals surface area contributed by atoms with Crippen molar-refractivity contribution in [2.75, 3.05) is 5.73 Å². The molecule has 5 aromatic rings. The molecule has 0 spiro atoms. The van der Waals surface area contributed by atoms with Crippen LogP contribution < -0.4 is 5.73 Å². The van der Waals surface area contributed by atoms with Gasteiger partial charge in [-0.3, -0.25) is 9.55 Å². The molecule has 0 saturated carbocycles. The lowest BCUT2D eigenvalue weighted by molar-refractivity contribution is 0.282. The van der Waals surface area contributed by atoms with Gasteiger partial charge < -0.3 is 10.8 Å². The number of nitrogen functional groups attached to an aromatic ring is 1. The predicted octanol–water partition coefficient (Wildman–Crippen LogP) is 4.74. The van der Waals surface area contributed by atoms with Gasteiger partial charge in [0, 0.05) is 29.3 Å². The summed E-state index contributed by atoms with van der Waals surface area (Å²) in [7, 11) is 0. The Morgan fingerprint density at radius 3 is 2.42 bits per heavy atom. The molecule has 5 rings (SSSR count). The summed E-state index contributed by atoms with van der Waals surface area (Å²) in [5.41, 5.74) is 12.9. The molecule has 4 aromatic heterocycles. The number of hydrogen-bond acceptors (Lipinski definition) is 6. The van der Waals surface area contributed by atoms with E-state index in [1.165, 1.54) is 0 Å². The minimum Gasteiger partial charge on any atom is -0.392 e. The Morgan fingerprint density at radius 1 is 0.939 bits per heavy atom. The first-order valence-electron chi connectivity index (χ1n) is 10.8. The molecule has 0 bridgehead atoms. The van der Waals surface area contributed by atoms with E-state index in [1.807, 2.05) is 71.4 Å². The molecule has 0 saturated heterocycles. The SMILES string of the molecule is CC(C)c1ccc(-c2ccc3nc(-c4cccnc4N)n(-c4ccc(CO)cc4)c3n2)cn1. The van der Waals surface area contributed by atoms with E-state index < -0.39 is 0 Å². The summed E-state index contributed by atoms with van der Waals surface area (Å²) >= 11 is 0. The molecule has 7 nitrogen and oxygen atoms in total. The molecule has 1 aromatic carbocycles.